The van der Waals surface area contributed by atoms with Crippen LogP contribution < -0.4 is 5.73 Å². The van der Waals surface area contributed by atoms with E-state index in [-0.39, 0.29) is 24.9 Å². The van der Waals surface area contributed by atoms with Crippen molar-refractivity contribution in [3.05, 3.63) is 23.2 Å². The van der Waals surface area contributed by atoms with Crippen molar-refractivity contribution < 1.29 is 14.0 Å². The molecule has 0 saturated carbocycles. The molecule has 2 amide bonds. The van der Waals surface area contributed by atoms with E-state index in [0.717, 1.165) is 10.5 Å². The Morgan fingerprint density at radius 1 is 1.44 bits per heavy atom. The van der Waals surface area contributed by atoms with Crippen LogP contribution in [0.1, 0.15) is 28.6 Å². The fraction of sp³-hybridized carbons (Fsp3) is 0.455. The summed E-state index contributed by atoms with van der Waals surface area (Å²) in [6.07, 6.45) is 1.50. The van der Waals surface area contributed by atoms with Gasteiger partial charge >= 0.3 is 0 Å². The van der Waals surface area contributed by atoms with Crippen molar-refractivity contribution in [2.75, 3.05) is 13.1 Å². The Balaban J connectivity index is 3.04. The standard InChI is InChI=1S/C11H16N2O3/c1-7-6-16-8(2)10(7)11(15)13(5-4-12)9(3)14/h6H,4-5,12H2,1-3H3. The van der Waals surface area contributed by atoms with Crippen LogP contribution >= 0.6 is 0 Å². The van der Waals surface area contributed by atoms with E-state index in [2.05, 4.69) is 0 Å². The Hall–Kier alpha value is -1.62. The molecule has 0 fully saturated rings. The Kier molecular flexibility index (Phi) is 3.84. The highest BCUT2D eigenvalue weighted by molar-refractivity contribution is 6.05. The van der Waals surface area contributed by atoms with Gasteiger partial charge in [-0.05, 0) is 13.8 Å². The molecule has 0 bridgehead atoms. The van der Waals surface area contributed by atoms with Gasteiger partial charge in [-0.2, -0.15) is 0 Å². The molecule has 0 aromatic carbocycles. The second-order valence-electron chi connectivity index (χ2n) is 3.61. The third-order valence-electron chi connectivity index (χ3n) is 2.35. The molecule has 1 rings (SSSR count). The summed E-state index contributed by atoms with van der Waals surface area (Å²) in [6.45, 7) is 5.28. The normalized spacial score (nSPS) is 10.2. The third-order valence-corrected chi connectivity index (χ3v) is 2.35. The first-order valence-corrected chi connectivity index (χ1v) is 5.06. The quantitative estimate of drug-likeness (QED) is 0.825. The number of aryl methyl sites for hydroxylation is 2. The molecule has 1 aromatic heterocycles. The van der Waals surface area contributed by atoms with Crippen LogP contribution in [-0.4, -0.2) is 29.8 Å². The van der Waals surface area contributed by atoms with Crippen molar-refractivity contribution in [2.24, 2.45) is 5.73 Å². The van der Waals surface area contributed by atoms with Gasteiger partial charge in [0.05, 0.1) is 11.8 Å². The minimum atomic E-state index is -0.346. The van der Waals surface area contributed by atoms with E-state index in [4.69, 9.17) is 10.2 Å². The molecule has 5 nitrogen and oxygen atoms in total. The van der Waals surface area contributed by atoms with Gasteiger partial charge in [0.25, 0.3) is 5.91 Å². The molecule has 0 atom stereocenters. The van der Waals surface area contributed by atoms with Crippen LogP contribution in [0.4, 0.5) is 0 Å². The van der Waals surface area contributed by atoms with Gasteiger partial charge in [0.1, 0.15) is 5.76 Å². The Labute approximate surface area is 94.2 Å². The van der Waals surface area contributed by atoms with Gasteiger partial charge in [-0.25, -0.2) is 0 Å². The van der Waals surface area contributed by atoms with E-state index >= 15 is 0 Å². The molecule has 0 aliphatic carbocycles. The van der Waals surface area contributed by atoms with Crippen LogP contribution in [0.15, 0.2) is 10.7 Å². The van der Waals surface area contributed by atoms with Gasteiger partial charge in [0.2, 0.25) is 5.91 Å². The van der Waals surface area contributed by atoms with Crippen molar-refractivity contribution in [3.63, 3.8) is 0 Å². The fourth-order valence-corrected chi connectivity index (χ4v) is 1.56. The number of carbonyl (C=O) groups is 2. The van der Waals surface area contributed by atoms with E-state index in [1.807, 2.05) is 0 Å². The summed E-state index contributed by atoms with van der Waals surface area (Å²) in [5.74, 6) is -0.136. The summed E-state index contributed by atoms with van der Waals surface area (Å²) >= 11 is 0. The minimum Gasteiger partial charge on any atom is -0.469 e. The number of rotatable bonds is 3. The number of nitrogens with zero attached hydrogens (tertiary/aromatic N) is 1. The lowest BCUT2D eigenvalue weighted by atomic mass is 10.1. The molecule has 0 saturated heterocycles. The minimum absolute atomic E-state index is 0.220. The number of amides is 2. The van der Waals surface area contributed by atoms with E-state index < -0.39 is 0 Å². The lowest BCUT2D eigenvalue weighted by Crippen LogP contribution is -2.39. The first kappa shape index (κ1) is 12.4. The molecular formula is C11H16N2O3. The highest BCUT2D eigenvalue weighted by Gasteiger charge is 2.24. The molecule has 5 heteroatoms. The van der Waals surface area contributed by atoms with Gasteiger partial charge < -0.3 is 10.2 Å². The second kappa shape index (κ2) is 4.94. The zero-order chi connectivity index (χ0) is 12.3. The number of hydrogen-bond donors (Lipinski definition) is 1. The van der Waals surface area contributed by atoms with Crippen molar-refractivity contribution in [2.45, 2.75) is 20.8 Å². The van der Waals surface area contributed by atoms with E-state index in [1.165, 1.54) is 13.2 Å². The first-order chi connectivity index (χ1) is 7.49. The van der Waals surface area contributed by atoms with Gasteiger partial charge in [0, 0.05) is 25.6 Å². The molecule has 0 spiro atoms. The molecule has 0 radical (unpaired) electrons. The number of imide groups is 1. The Morgan fingerprint density at radius 2 is 2.06 bits per heavy atom. The highest BCUT2D eigenvalue weighted by Crippen LogP contribution is 2.17. The lowest BCUT2D eigenvalue weighted by Gasteiger charge is -2.18. The number of hydrogen-bond acceptors (Lipinski definition) is 4. The summed E-state index contributed by atoms with van der Waals surface area (Å²) in [7, 11) is 0. The van der Waals surface area contributed by atoms with E-state index in [0.29, 0.717) is 11.3 Å². The largest absolute Gasteiger partial charge is 0.469 e. The van der Waals surface area contributed by atoms with Crippen molar-refractivity contribution >= 4 is 11.8 Å². The first-order valence-electron chi connectivity index (χ1n) is 5.06. The van der Waals surface area contributed by atoms with Crippen molar-refractivity contribution in [1.82, 2.24) is 4.90 Å². The van der Waals surface area contributed by atoms with Crippen LogP contribution in [0.2, 0.25) is 0 Å². The summed E-state index contributed by atoms with van der Waals surface area (Å²) in [4.78, 5) is 24.5. The highest BCUT2D eigenvalue weighted by atomic mass is 16.3. The molecule has 2 N–H and O–H groups in total. The predicted molar refractivity (Wildman–Crippen MR) is 59.0 cm³/mol. The number of furan rings is 1. The van der Waals surface area contributed by atoms with Gasteiger partial charge in [-0.15, -0.1) is 0 Å². The lowest BCUT2D eigenvalue weighted by molar-refractivity contribution is -0.126. The smallest absolute Gasteiger partial charge is 0.264 e. The number of nitrogens with two attached hydrogens (primary N) is 1. The number of carbonyl (C=O) groups excluding carboxylic acids is 2. The van der Waals surface area contributed by atoms with Crippen LogP contribution in [0.3, 0.4) is 0 Å². The maximum Gasteiger partial charge on any atom is 0.264 e. The van der Waals surface area contributed by atoms with Crippen LogP contribution in [0.5, 0.6) is 0 Å². The van der Waals surface area contributed by atoms with Gasteiger partial charge in [0.15, 0.2) is 0 Å². The zero-order valence-corrected chi connectivity index (χ0v) is 9.74. The molecule has 0 aliphatic rings. The van der Waals surface area contributed by atoms with E-state index in [9.17, 15) is 9.59 Å². The maximum atomic E-state index is 12.1. The molecule has 0 aliphatic heterocycles. The summed E-state index contributed by atoms with van der Waals surface area (Å²) in [5.41, 5.74) is 6.54. The average Bonchev–Trinajstić information content (AvgIpc) is 2.54. The fourth-order valence-electron chi connectivity index (χ4n) is 1.56. The molecule has 1 heterocycles. The van der Waals surface area contributed by atoms with Crippen LogP contribution in [0.25, 0.3) is 0 Å². The SMILES string of the molecule is CC(=O)N(CCN)C(=O)c1c(C)coc1C. The molecular weight excluding hydrogens is 208 g/mol. The molecule has 88 valence electrons. The summed E-state index contributed by atoms with van der Waals surface area (Å²) in [6, 6.07) is 0. The average molecular weight is 224 g/mol. The van der Waals surface area contributed by atoms with Crippen LogP contribution in [-0.2, 0) is 4.79 Å². The Morgan fingerprint density at radius 3 is 2.44 bits per heavy atom. The molecule has 1 aromatic rings. The van der Waals surface area contributed by atoms with Crippen molar-refractivity contribution in [3.8, 4) is 0 Å². The summed E-state index contributed by atoms with van der Waals surface area (Å²) < 4.78 is 5.13. The van der Waals surface area contributed by atoms with E-state index in [1.54, 1.807) is 13.8 Å². The van der Waals surface area contributed by atoms with Crippen molar-refractivity contribution in [1.29, 1.82) is 0 Å². The van der Waals surface area contributed by atoms with Gasteiger partial charge in [-0.3, -0.25) is 14.5 Å². The second-order valence-corrected chi connectivity index (χ2v) is 3.61. The Bertz CT molecular complexity index is 390. The third kappa shape index (κ3) is 2.30. The topological polar surface area (TPSA) is 76.5 Å². The van der Waals surface area contributed by atoms with Crippen LogP contribution in [0, 0.1) is 13.8 Å². The molecule has 0 unspecified atom stereocenters. The molecule has 16 heavy (non-hydrogen) atoms. The summed E-state index contributed by atoms with van der Waals surface area (Å²) in [5, 5.41) is 0. The monoisotopic (exact) mass is 224 g/mol. The van der Waals surface area contributed by atoms with Gasteiger partial charge in [-0.1, -0.05) is 0 Å². The predicted octanol–water partition coefficient (Wildman–Crippen LogP) is 0.844. The zero-order valence-electron chi connectivity index (χ0n) is 9.74. The maximum absolute atomic E-state index is 12.1.